The number of likely N-dealkylation sites (tertiary alicyclic amines) is 1. The summed E-state index contributed by atoms with van der Waals surface area (Å²) < 4.78 is 37.7. The van der Waals surface area contributed by atoms with Crippen LogP contribution in [0.25, 0.3) is 0 Å². The Hall–Kier alpha value is -1.80. The molecule has 4 atom stereocenters. The van der Waals surface area contributed by atoms with Gasteiger partial charge in [0.2, 0.25) is 5.91 Å². The van der Waals surface area contributed by atoms with Crippen molar-refractivity contribution in [2.24, 2.45) is 22.7 Å². The minimum absolute atomic E-state index is 0.00325. The maximum atomic E-state index is 12.8. The summed E-state index contributed by atoms with van der Waals surface area (Å²) in [6.45, 7) is 8.54. The number of hydrogen-bond donors (Lipinski definition) is 2. The molecule has 25 heavy (non-hydrogen) atoms. The van der Waals surface area contributed by atoms with Gasteiger partial charge in [0, 0.05) is 12.5 Å². The largest absolute Gasteiger partial charge is 0.480 e. The van der Waals surface area contributed by atoms with Crippen LogP contribution in [-0.4, -0.2) is 52.6 Å². The SMILES string of the molecule is CC(C)(C)C(NC(=O)C(F)(F)F)C(=O)N1CC2C(C1C(=O)O)C2(C)C. The van der Waals surface area contributed by atoms with Crippen molar-refractivity contribution in [2.75, 3.05) is 6.54 Å². The number of halogens is 3. The predicted molar refractivity (Wildman–Crippen MR) is 81.3 cm³/mol. The first-order valence-electron chi connectivity index (χ1n) is 8.01. The highest BCUT2D eigenvalue weighted by molar-refractivity contribution is 5.93. The normalized spacial score (nSPS) is 29.0. The van der Waals surface area contributed by atoms with Crippen LogP contribution in [-0.2, 0) is 14.4 Å². The van der Waals surface area contributed by atoms with Crippen LogP contribution < -0.4 is 5.32 Å². The van der Waals surface area contributed by atoms with Gasteiger partial charge in [0.1, 0.15) is 12.1 Å². The maximum Gasteiger partial charge on any atom is 0.471 e. The molecule has 0 aromatic rings. The Morgan fingerprint density at radius 3 is 2.12 bits per heavy atom. The molecule has 1 aliphatic carbocycles. The molecule has 2 aliphatic rings. The van der Waals surface area contributed by atoms with Crippen molar-refractivity contribution in [3.63, 3.8) is 0 Å². The summed E-state index contributed by atoms with van der Waals surface area (Å²) in [7, 11) is 0. The Labute approximate surface area is 143 Å². The van der Waals surface area contributed by atoms with Crippen molar-refractivity contribution in [3.05, 3.63) is 0 Å². The fourth-order valence-corrected chi connectivity index (χ4v) is 3.82. The van der Waals surface area contributed by atoms with E-state index in [4.69, 9.17) is 0 Å². The lowest BCUT2D eigenvalue weighted by Gasteiger charge is -2.36. The Kier molecular flexibility index (Phi) is 4.38. The third kappa shape index (κ3) is 3.32. The molecule has 1 aliphatic heterocycles. The van der Waals surface area contributed by atoms with Crippen molar-refractivity contribution < 1.29 is 32.7 Å². The van der Waals surface area contributed by atoms with Crippen LogP contribution in [0, 0.1) is 22.7 Å². The molecule has 0 aromatic heterocycles. The minimum atomic E-state index is -5.12. The van der Waals surface area contributed by atoms with Gasteiger partial charge in [-0.2, -0.15) is 13.2 Å². The van der Waals surface area contributed by atoms with Gasteiger partial charge in [0.05, 0.1) is 0 Å². The van der Waals surface area contributed by atoms with Crippen molar-refractivity contribution in [1.82, 2.24) is 10.2 Å². The van der Waals surface area contributed by atoms with E-state index in [1.165, 1.54) is 20.8 Å². The Morgan fingerprint density at radius 1 is 1.20 bits per heavy atom. The molecule has 0 spiro atoms. The lowest BCUT2D eigenvalue weighted by atomic mass is 9.85. The minimum Gasteiger partial charge on any atom is -0.480 e. The highest BCUT2D eigenvalue weighted by atomic mass is 19.4. The monoisotopic (exact) mass is 364 g/mol. The molecule has 2 fully saturated rings. The van der Waals surface area contributed by atoms with Gasteiger partial charge in [-0.15, -0.1) is 0 Å². The van der Waals surface area contributed by atoms with Crippen molar-refractivity contribution in [2.45, 2.75) is 52.9 Å². The third-order valence-electron chi connectivity index (χ3n) is 5.39. The summed E-state index contributed by atoms with van der Waals surface area (Å²) in [5, 5.41) is 11.2. The highest BCUT2D eigenvalue weighted by Gasteiger charge is 2.70. The van der Waals surface area contributed by atoms with Gasteiger partial charge in [-0.1, -0.05) is 34.6 Å². The molecule has 1 heterocycles. The van der Waals surface area contributed by atoms with E-state index in [0.717, 1.165) is 4.90 Å². The van der Waals surface area contributed by atoms with E-state index < -0.39 is 41.5 Å². The topological polar surface area (TPSA) is 86.7 Å². The van der Waals surface area contributed by atoms with Crippen LogP contribution in [0.3, 0.4) is 0 Å². The Balaban J connectivity index is 2.26. The summed E-state index contributed by atoms with van der Waals surface area (Å²) in [5.41, 5.74) is -1.23. The van der Waals surface area contributed by atoms with Crippen LogP contribution in [0.1, 0.15) is 34.6 Å². The number of alkyl halides is 3. The van der Waals surface area contributed by atoms with E-state index in [2.05, 4.69) is 0 Å². The van der Waals surface area contributed by atoms with Crippen LogP contribution in [0.2, 0.25) is 0 Å². The van der Waals surface area contributed by atoms with Crippen LogP contribution in [0.4, 0.5) is 13.2 Å². The highest BCUT2D eigenvalue weighted by Crippen LogP contribution is 2.65. The number of nitrogens with zero attached hydrogens (tertiary/aromatic N) is 1. The summed E-state index contributed by atoms with van der Waals surface area (Å²) >= 11 is 0. The second kappa shape index (κ2) is 5.60. The zero-order valence-electron chi connectivity index (χ0n) is 14.8. The number of amides is 2. The number of carboxylic acid groups (broad SMARTS) is 1. The number of fused-ring (bicyclic) bond motifs is 1. The summed E-state index contributed by atoms with van der Waals surface area (Å²) in [5.74, 6) is -4.41. The number of hydrogen-bond acceptors (Lipinski definition) is 3. The number of carbonyl (C=O) groups excluding carboxylic acids is 2. The van der Waals surface area contributed by atoms with Gasteiger partial charge in [-0.05, 0) is 16.7 Å². The molecule has 6 nitrogen and oxygen atoms in total. The molecular formula is C16H23F3N2O4. The fourth-order valence-electron chi connectivity index (χ4n) is 3.82. The van der Waals surface area contributed by atoms with Gasteiger partial charge < -0.3 is 15.3 Å². The molecule has 0 aromatic carbocycles. The molecule has 0 radical (unpaired) electrons. The zero-order chi connectivity index (χ0) is 19.5. The number of aliphatic carboxylic acids is 1. The quantitative estimate of drug-likeness (QED) is 0.797. The van der Waals surface area contributed by atoms with E-state index in [0.29, 0.717) is 0 Å². The van der Waals surface area contributed by atoms with Gasteiger partial charge in [0.25, 0.3) is 0 Å². The van der Waals surface area contributed by atoms with Crippen LogP contribution in [0.15, 0.2) is 0 Å². The molecule has 2 N–H and O–H groups in total. The second-order valence-corrected chi connectivity index (χ2v) is 8.50. The Morgan fingerprint density at radius 2 is 1.72 bits per heavy atom. The van der Waals surface area contributed by atoms with Gasteiger partial charge in [-0.3, -0.25) is 9.59 Å². The molecule has 4 unspecified atom stereocenters. The molecule has 1 saturated carbocycles. The maximum absolute atomic E-state index is 12.8. The van der Waals surface area contributed by atoms with Crippen molar-refractivity contribution in [1.29, 1.82) is 0 Å². The van der Waals surface area contributed by atoms with Crippen molar-refractivity contribution in [3.8, 4) is 0 Å². The van der Waals surface area contributed by atoms with E-state index in [-0.39, 0.29) is 23.8 Å². The first-order valence-corrected chi connectivity index (χ1v) is 8.01. The third-order valence-corrected chi connectivity index (χ3v) is 5.39. The zero-order valence-corrected chi connectivity index (χ0v) is 14.8. The molecule has 1 saturated heterocycles. The second-order valence-electron chi connectivity index (χ2n) is 8.50. The lowest BCUT2D eigenvalue weighted by Crippen LogP contribution is -2.59. The van der Waals surface area contributed by atoms with Gasteiger partial charge in [-0.25, -0.2) is 4.79 Å². The summed E-state index contributed by atoms with van der Waals surface area (Å²) in [6, 6.07) is -2.55. The first-order chi connectivity index (χ1) is 11.1. The fraction of sp³-hybridized carbons (Fsp3) is 0.812. The number of piperidine rings is 1. The number of rotatable bonds is 3. The molecule has 2 amide bonds. The Bertz CT molecular complexity index is 609. The van der Waals surface area contributed by atoms with E-state index in [1.54, 1.807) is 5.32 Å². The van der Waals surface area contributed by atoms with Gasteiger partial charge in [0.15, 0.2) is 0 Å². The number of carbonyl (C=O) groups is 3. The smallest absolute Gasteiger partial charge is 0.471 e. The molecule has 9 heteroatoms. The predicted octanol–water partition coefficient (Wildman–Crippen LogP) is 1.65. The van der Waals surface area contributed by atoms with Crippen LogP contribution >= 0.6 is 0 Å². The van der Waals surface area contributed by atoms with E-state index in [1.807, 2.05) is 13.8 Å². The average molecular weight is 364 g/mol. The number of carboxylic acids is 1. The summed E-state index contributed by atoms with van der Waals surface area (Å²) in [6.07, 6.45) is -5.12. The van der Waals surface area contributed by atoms with E-state index >= 15 is 0 Å². The molecule has 2 rings (SSSR count). The average Bonchev–Trinajstić information content (AvgIpc) is 2.82. The first kappa shape index (κ1) is 19.5. The van der Waals surface area contributed by atoms with Crippen molar-refractivity contribution >= 4 is 17.8 Å². The molecule has 0 bridgehead atoms. The lowest BCUT2D eigenvalue weighted by molar-refractivity contribution is -0.176. The number of nitrogens with one attached hydrogen (secondary N) is 1. The standard InChI is InChI=1S/C16H23F3N2O4/c1-14(2,3)10(20-13(25)16(17,18)19)11(22)21-6-7-8(15(7,4)5)9(21)12(23)24/h7-10H,6H2,1-5H3,(H,20,25)(H,23,24). The van der Waals surface area contributed by atoms with Gasteiger partial charge >= 0.3 is 18.1 Å². The van der Waals surface area contributed by atoms with E-state index in [9.17, 15) is 32.7 Å². The molecule has 142 valence electrons. The molecular weight excluding hydrogens is 341 g/mol. The van der Waals surface area contributed by atoms with Crippen LogP contribution in [0.5, 0.6) is 0 Å². The summed E-state index contributed by atoms with van der Waals surface area (Å²) in [4.78, 5) is 36.9.